The van der Waals surface area contributed by atoms with E-state index >= 15 is 0 Å². The normalized spacial score (nSPS) is 12.6. The van der Waals surface area contributed by atoms with E-state index in [-0.39, 0.29) is 10.7 Å². The van der Waals surface area contributed by atoms with Crippen LogP contribution in [0.1, 0.15) is 20.8 Å². The van der Waals surface area contributed by atoms with Crippen molar-refractivity contribution in [1.29, 1.82) is 0 Å². The van der Waals surface area contributed by atoms with Gasteiger partial charge in [-0.15, -0.1) is 0 Å². The van der Waals surface area contributed by atoms with Gasteiger partial charge in [0, 0.05) is 6.07 Å². The second-order valence-electron chi connectivity index (χ2n) is 5.55. The van der Waals surface area contributed by atoms with Crippen molar-refractivity contribution in [2.75, 3.05) is 5.73 Å². The lowest BCUT2D eigenvalue weighted by atomic mass is 10.2. The Morgan fingerprint density at radius 1 is 1.25 bits per heavy atom. The van der Waals surface area contributed by atoms with Crippen LogP contribution in [0.5, 0.6) is 5.75 Å². The van der Waals surface area contributed by atoms with Crippen LogP contribution < -0.4 is 10.2 Å². The second-order valence-corrected chi connectivity index (χ2v) is 10.3. The Bertz CT molecular complexity index is 385. The molecule has 0 heterocycles. The summed E-state index contributed by atoms with van der Waals surface area (Å²) >= 11 is 0. The van der Waals surface area contributed by atoms with Crippen LogP contribution in [0, 0.1) is 5.82 Å². The molecule has 0 unspecified atom stereocenters. The topological polar surface area (TPSA) is 35.2 Å². The number of hydrogen-bond acceptors (Lipinski definition) is 2. The molecular formula is C12H20FNOSi. The molecule has 0 bridgehead atoms. The molecule has 0 aliphatic rings. The highest BCUT2D eigenvalue weighted by atomic mass is 28.4. The van der Waals surface area contributed by atoms with Crippen LogP contribution in [-0.4, -0.2) is 8.32 Å². The van der Waals surface area contributed by atoms with Gasteiger partial charge in [0.05, 0.1) is 5.69 Å². The number of anilines is 1. The average molecular weight is 241 g/mol. The monoisotopic (exact) mass is 241 g/mol. The quantitative estimate of drug-likeness (QED) is 0.631. The average Bonchev–Trinajstić information content (AvgIpc) is 2.09. The minimum atomic E-state index is -1.86. The first-order valence-electron chi connectivity index (χ1n) is 5.37. The summed E-state index contributed by atoms with van der Waals surface area (Å²) in [5, 5.41) is 0.121. The SMILES string of the molecule is CC(C)(C)[Si](C)(C)Oc1ccc(F)c(N)c1. The summed E-state index contributed by atoms with van der Waals surface area (Å²) in [6, 6.07) is 4.53. The van der Waals surface area contributed by atoms with Crippen molar-refractivity contribution in [3.63, 3.8) is 0 Å². The van der Waals surface area contributed by atoms with Gasteiger partial charge in [0.25, 0.3) is 0 Å². The lowest BCUT2D eigenvalue weighted by Crippen LogP contribution is -2.43. The summed E-state index contributed by atoms with van der Waals surface area (Å²) in [5.41, 5.74) is 5.64. The third-order valence-corrected chi connectivity index (χ3v) is 7.51. The maximum Gasteiger partial charge on any atom is 0.250 e. The first-order valence-corrected chi connectivity index (χ1v) is 8.28. The second kappa shape index (κ2) is 4.09. The van der Waals surface area contributed by atoms with Gasteiger partial charge in [-0.05, 0) is 30.3 Å². The van der Waals surface area contributed by atoms with Crippen LogP contribution >= 0.6 is 0 Å². The number of benzene rings is 1. The van der Waals surface area contributed by atoms with Crippen LogP contribution in [0.3, 0.4) is 0 Å². The fraction of sp³-hybridized carbons (Fsp3) is 0.500. The molecule has 4 heteroatoms. The lowest BCUT2D eigenvalue weighted by Gasteiger charge is -2.36. The van der Waals surface area contributed by atoms with Crippen LogP contribution in [0.15, 0.2) is 18.2 Å². The van der Waals surface area contributed by atoms with Gasteiger partial charge in [0.1, 0.15) is 11.6 Å². The Kier molecular flexibility index (Phi) is 3.33. The van der Waals surface area contributed by atoms with E-state index in [0.29, 0.717) is 5.75 Å². The van der Waals surface area contributed by atoms with Crippen molar-refractivity contribution < 1.29 is 8.82 Å². The zero-order valence-electron chi connectivity index (χ0n) is 10.6. The largest absolute Gasteiger partial charge is 0.543 e. The standard InChI is InChI=1S/C12H20FNOSi/c1-12(2,3)16(4,5)15-9-6-7-10(13)11(14)8-9/h6-8H,14H2,1-5H3. The third-order valence-electron chi connectivity index (χ3n) is 3.15. The van der Waals surface area contributed by atoms with Gasteiger partial charge in [-0.3, -0.25) is 0 Å². The molecule has 2 N–H and O–H groups in total. The van der Waals surface area contributed by atoms with E-state index in [2.05, 4.69) is 33.9 Å². The van der Waals surface area contributed by atoms with Gasteiger partial charge in [0.15, 0.2) is 0 Å². The van der Waals surface area contributed by atoms with E-state index in [1.807, 2.05) is 0 Å². The predicted octanol–water partition coefficient (Wildman–Crippen LogP) is 3.79. The molecule has 90 valence electrons. The van der Waals surface area contributed by atoms with Crippen LogP contribution in [0.25, 0.3) is 0 Å². The molecule has 0 saturated heterocycles. The number of nitrogen functional groups attached to an aromatic ring is 1. The fourth-order valence-corrected chi connectivity index (χ4v) is 2.06. The van der Waals surface area contributed by atoms with Gasteiger partial charge in [0.2, 0.25) is 8.32 Å². The highest BCUT2D eigenvalue weighted by Gasteiger charge is 2.38. The van der Waals surface area contributed by atoms with Crippen LogP contribution in [0.2, 0.25) is 18.1 Å². The molecule has 0 radical (unpaired) electrons. The maximum absolute atomic E-state index is 13.0. The Balaban J connectivity index is 2.93. The number of halogens is 1. The third kappa shape index (κ3) is 2.75. The zero-order valence-corrected chi connectivity index (χ0v) is 11.6. The summed E-state index contributed by atoms with van der Waals surface area (Å²) in [7, 11) is -1.86. The molecule has 0 aliphatic heterocycles. The molecule has 2 nitrogen and oxygen atoms in total. The summed E-state index contributed by atoms with van der Waals surface area (Å²) in [6.45, 7) is 10.8. The summed E-state index contributed by atoms with van der Waals surface area (Å²) in [4.78, 5) is 0. The summed E-state index contributed by atoms with van der Waals surface area (Å²) in [5.74, 6) is 0.257. The maximum atomic E-state index is 13.0. The van der Waals surface area contributed by atoms with Crippen LogP contribution in [-0.2, 0) is 0 Å². The lowest BCUT2D eigenvalue weighted by molar-refractivity contribution is 0.491. The van der Waals surface area contributed by atoms with Crippen molar-refractivity contribution in [2.45, 2.75) is 38.9 Å². The molecule has 0 atom stereocenters. The van der Waals surface area contributed by atoms with Gasteiger partial charge >= 0.3 is 0 Å². The van der Waals surface area contributed by atoms with Crippen molar-refractivity contribution in [3.05, 3.63) is 24.0 Å². The Hall–Kier alpha value is -1.03. The molecule has 0 fully saturated rings. The highest BCUT2D eigenvalue weighted by Crippen LogP contribution is 2.37. The van der Waals surface area contributed by atoms with E-state index < -0.39 is 14.1 Å². The molecule has 0 saturated carbocycles. The summed E-state index contributed by atoms with van der Waals surface area (Å²) < 4.78 is 19.0. The molecule has 1 aromatic carbocycles. The van der Waals surface area contributed by atoms with Gasteiger partial charge < -0.3 is 10.2 Å². The molecule has 16 heavy (non-hydrogen) atoms. The van der Waals surface area contributed by atoms with Gasteiger partial charge in [-0.25, -0.2) is 4.39 Å². The highest BCUT2D eigenvalue weighted by molar-refractivity contribution is 6.74. The summed E-state index contributed by atoms with van der Waals surface area (Å²) in [6.07, 6.45) is 0. The van der Waals surface area contributed by atoms with Crippen molar-refractivity contribution >= 4 is 14.0 Å². The first-order chi connectivity index (χ1) is 7.13. The smallest absolute Gasteiger partial charge is 0.250 e. The van der Waals surface area contributed by atoms with Crippen molar-refractivity contribution in [2.24, 2.45) is 0 Å². The Morgan fingerprint density at radius 2 is 1.81 bits per heavy atom. The van der Waals surface area contributed by atoms with E-state index in [9.17, 15) is 4.39 Å². The van der Waals surface area contributed by atoms with Crippen molar-refractivity contribution in [1.82, 2.24) is 0 Å². The molecule has 1 aromatic rings. The van der Waals surface area contributed by atoms with E-state index in [4.69, 9.17) is 10.2 Å². The molecule has 0 aliphatic carbocycles. The molecule has 0 amide bonds. The number of nitrogens with two attached hydrogens (primary N) is 1. The Labute approximate surface area is 97.7 Å². The van der Waals surface area contributed by atoms with Gasteiger partial charge in [-0.2, -0.15) is 0 Å². The number of hydrogen-bond donors (Lipinski definition) is 1. The number of rotatable bonds is 2. The van der Waals surface area contributed by atoms with E-state index in [0.717, 1.165) is 0 Å². The fourth-order valence-electron chi connectivity index (χ4n) is 1.03. The molecule has 1 rings (SSSR count). The zero-order chi connectivity index (χ0) is 12.6. The van der Waals surface area contributed by atoms with Crippen molar-refractivity contribution in [3.8, 4) is 5.75 Å². The molecular weight excluding hydrogens is 221 g/mol. The van der Waals surface area contributed by atoms with E-state index in [1.165, 1.54) is 6.07 Å². The minimum Gasteiger partial charge on any atom is -0.543 e. The molecule has 0 aromatic heterocycles. The minimum absolute atomic E-state index is 0.121. The van der Waals surface area contributed by atoms with Gasteiger partial charge in [-0.1, -0.05) is 20.8 Å². The molecule has 0 spiro atoms. The van der Waals surface area contributed by atoms with Crippen LogP contribution in [0.4, 0.5) is 10.1 Å². The Morgan fingerprint density at radius 3 is 2.25 bits per heavy atom. The van der Waals surface area contributed by atoms with E-state index in [1.54, 1.807) is 12.1 Å². The first kappa shape index (κ1) is 13.0. The predicted molar refractivity (Wildman–Crippen MR) is 68.6 cm³/mol.